The smallest absolute Gasteiger partial charge is 0.248 e. The lowest BCUT2D eigenvalue weighted by Gasteiger charge is -2.30. The normalized spacial score (nSPS) is 12.2. The van der Waals surface area contributed by atoms with E-state index in [1.807, 2.05) is 6.92 Å². The molecule has 2 aromatic rings. The van der Waals surface area contributed by atoms with E-state index in [0.29, 0.717) is 34.5 Å². The van der Waals surface area contributed by atoms with Crippen LogP contribution in [-0.2, 0) is 14.8 Å². The summed E-state index contributed by atoms with van der Waals surface area (Å²) in [6.07, 6.45) is 1.33. The number of nitrogens with one attached hydrogen (secondary N) is 1. The molecule has 9 heteroatoms. The van der Waals surface area contributed by atoms with E-state index < -0.39 is 22.0 Å². The molecule has 0 aromatic heterocycles. The molecule has 0 saturated heterocycles. The number of carbonyl (C=O) groups excluding carboxylic acids is 1. The van der Waals surface area contributed by atoms with Crippen molar-refractivity contribution in [1.82, 2.24) is 0 Å². The van der Waals surface area contributed by atoms with Gasteiger partial charge >= 0.3 is 0 Å². The molecule has 1 N–H and O–H groups in total. The number of methoxy groups -OCH3 is 1. The zero-order valence-corrected chi connectivity index (χ0v) is 18.4. The first-order valence-corrected chi connectivity index (χ1v) is 11.3. The van der Waals surface area contributed by atoms with Crippen LogP contribution in [0, 0.1) is 0 Å². The minimum absolute atomic E-state index is 0.259. The van der Waals surface area contributed by atoms with Crippen molar-refractivity contribution in [2.75, 3.05) is 29.6 Å². The third-order valence-corrected chi connectivity index (χ3v) is 5.57. The van der Waals surface area contributed by atoms with Crippen LogP contribution >= 0.6 is 11.6 Å². The van der Waals surface area contributed by atoms with Gasteiger partial charge in [-0.2, -0.15) is 0 Å². The van der Waals surface area contributed by atoms with Crippen LogP contribution in [0.3, 0.4) is 0 Å². The number of amides is 1. The number of rotatable bonds is 9. The molecule has 0 radical (unpaired) electrons. The van der Waals surface area contributed by atoms with Crippen molar-refractivity contribution in [3.63, 3.8) is 0 Å². The summed E-state index contributed by atoms with van der Waals surface area (Å²) in [5.74, 6) is 0.544. The van der Waals surface area contributed by atoms with Crippen LogP contribution in [0.2, 0.25) is 5.02 Å². The molecule has 29 heavy (non-hydrogen) atoms. The maximum atomic E-state index is 13.0. The molecule has 2 rings (SSSR count). The minimum atomic E-state index is -3.74. The molecule has 1 amide bonds. The van der Waals surface area contributed by atoms with E-state index in [0.717, 1.165) is 10.6 Å². The van der Waals surface area contributed by atoms with Crippen molar-refractivity contribution >= 4 is 38.9 Å². The highest BCUT2D eigenvalue weighted by Crippen LogP contribution is 2.30. The second-order valence-electron chi connectivity index (χ2n) is 6.24. The summed E-state index contributed by atoms with van der Waals surface area (Å²) in [5.41, 5.74) is 0.736. The Kier molecular flexibility index (Phi) is 7.75. The van der Waals surface area contributed by atoms with Crippen molar-refractivity contribution < 1.29 is 22.7 Å². The average Bonchev–Trinajstić information content (AvgIpc) is 2.66. The van der Waals surface area contributed by atoms with Gasteiger partial charge < -0.3 is 14.8 Å². The van der Waals surface area contributed by atoms with E-state index in [2.05, 4.69) is 5.32 Å². The van der Waals surface area contributed by atoms with Gasteiger partial charge in [-0.05, 0) is 55.8 Å². The van der Waals surface area contributed by atoms with Crippen molar-refractivity contribution in [2.24, 2.45) is 0 Å². The Balaban J connectivity index is 2.38. The molecule has 2 aromatic carbocycles. The predicted octanol–water partition coefficient (Wildman–Crippen LogP) is 3.93. The van der Waals surface area contributed by atoms with Crippen molar-refractivity contribution in [2.45, 2.75) is 26.3 Å². The number of benzene rings is 2. The molecule has 158 valence electrons. The van der Waals surface area contributed by atoms with Gasteiger partial charge in [0.1, 0.15) is 17.5 Å². The lowest BCUT2D eigenvalue weighted by molar-refractivity contribution is -0.117. The second kappa shape index (κ2) is 9.84. The average molecular weight is 441 g/mol. The SMILES string of the molecule is CCOc1ccc(N(C(CC)C(=O)Nc2cc(Cl)ccc2OC)S(C)(=O)=O)cc1. The summed E-state index contributed by atoms with van der Waals surface area (Å²) in [5, 5.41) is 3.15. The fraction of sp³-hybridized carbons (Fsp3) is 0.350. The molecule has 0 aliphatic heterocycles. The van der Waals surface area contributed by atoms with Gasteiger partial charge in [0.2, 0.25) is 15.9 Å². The van der Waals surface area contributed by atoms with Gasteiger partial charge in [0.15, 0.2) is 0 Å². The summed E-state index contributed by atoms with van der Waals surface area (Å²) >= 11 is 6.02. The van der Waals surface area contributed by atoms with Crippen LogP contribution in [0.4, 0.5) is 11.4 Å². The van der Waals surface area contributed by atoms with Gasteiger partial charge in [-0.15, -0.1) is 0 Å². The summed E-state index contributed by atoms with van der Waals surface area (Å²) in [6, 6.07) is 10.4. The lowest BCUT2D eigenvalue weighted by atomic mass is 10.1. The maximum absolute atomic E-state index is 13.0. The fourth-order valence-corrected chi connectivity index (χ4v) is 4.29. The van der Waals surface area contributed by atoms with Crippen LogP contribution in [0.1, 0.15) is 20.3 Å². The zero-order chi connectivity index (χ0) is 21.6. The number of hydrogen-bond acceptors (Lipinski definition) is 5. The molecule has 0 saturated carbocycles. The first-order valence-electron chi connectivity index (χ1n) is 9.07. The lowest BCUT2D eigenvalue weighted by Crippen LogP contribution is -2.47. The number of ether oxygens (including phenoxy) is 2. The molecule has 0 spiro atoms. The maximum Gasteiger partial charge on any atom is 0.248 e. The van der Waals surface area contributed by atoms with Crippen LogP contribution < -0.4 is 19.1 Å². The topological polar surface area (TPSA) is 84.9 Å². The largest absolute Gasteiger partial charge is 0.495 e. The number of nitrogens with zero attached hydrogens (tertiary/aromatic N) is 1. The van der Waals surface area contributed by atoms with E-state index >= 15 is 0 Å². The van der Waals surface area contributed by atoms with E-state index in [4.69, 9.17) is 21.1 Å². The molecular weight excluding hydrogens is 416 g/mol. The van der Waals surface area contributed by atoms with Gasteiger partial charge in [-0.25, -0.2) is 8.42 Å². The molecule has 0 aliphatic carbocycles. The third kappa shape index (κ3) is 5.77. The number of anilines is 2. The van der Waals surface area contributed by atoms with Gasteiger partial charge in [0.05, 0.1) is 31.3 Å². The summed E-state index contributed by atoms with van der Waals surface area (Å²) in [4.78, 5) is 13.0. The highest BCUT2D eigenvalue weighted by atomic mass is 35.5. The number of halogens is 1. The van der Waals surface area contributed by atoms with E-state index in [9.17, 15) is 13.2 Å². The third-order valence-electron chi connectivity index (χ3n) is 4.15. The highest BCUT2D eigenvalue weighted by molar-refractivity contribution is 7.92. The van der Waals surface area contributed by atoms with E-state index in [-0.39, 0.29) is 6.42 Å². The van der Waals surface area contributed by atoms with E-state index in [1.54, 1.807) is 49.4 Å². The Labute approximate surface area is 176 Å². The second-order valence-corrected chi connectivity index (χ2v) is 8.54. The first-order chi connectivity index (χ1) is 13.7. The van der Waals surface area contributed by atoms with Crippen molar-refractivity contribution in [1.29, 1.82) is 0 Å². The number of carbonyl (C=O) groups is 1. The number of hydrogen-bond donors (Lipinski definition) is 1. The Morgan fingerprint density at radius 1 is 1.17 bits per heavy atom. The fourth-order valence-electron chi connectivity index (χ4n) is 2.91. The van der Waals surface area contributed by atoms with E-state index in [1.165, 1.54) is 7.11 Å². The summed E-state index contributed by atoms with van der Waals surface area (Å²) in [6.45, 7) is 4.10. The molecule has 0 heterocycles. The molecule has 1 atom stereocenters. The van der Waals surface area contributed by atoms with Crippen LogP contribution in [0.15, 0.2) is 42.5 Å². The van der Waals surface area contributed by atoms with Crippen molar-refractivity contribution in [3.05, 3.63) is 47.5 Å². The van der Waals surface area contributed by atoms with Crippen LogP contribution in [0.25, 0.3) is 0 Å². The monoisotopic (exact) mass is 440 g/mol. The zero-order valence-electron chi connectivity index (χ0n) is 16.8. The van der Waals surface area contributed by atoms with Crippen LogP contribution in [0.5, 0.6) is 11.5 Å². The quantitative estimate of drug-likeness (QED) is 0.638. The van der Waals surface area contributed by atoms with Gasteiger partial charge in [-0.1, -0.05) is 18.5 Å². The molecule has 7 nitrogen and oxygen atoms in total. The Morgan fingerprint density at radius 3 is 2.34 bits per heavy atom. The minimum Gasteiger partial charge on any atom is -0.495 e. The number of sulfonamides is 1. The van der Waals surface area contributed by atoms with Crippen molar-refractivity contribution in [3.8, 4) is 11.5 Å². The molecule has 0 bridgehead atoms. The Hall–Kier alpha value is -2.45. The molecule has 0 fully saturated rings. The van der Waals surface area contributed by atoms with Gasteiger partial charge in [0, 0.05) is 5.02 Å². The van der Waals surface area contributed by atoms with Gasteiger partial charge in [-0.3, -0.25) is 9.10 Å². The highest BCUT2D eigenvalue weighted by Gasteiger charge is 2.32. The first kappa shape index (κ1) is 22.8. The van der Waals surface area contributed by atoms with Crippen LogP contribution in [-0.4, -0.2) is 40.3 Å². The van der Waals surface area contributed by atoms with Gasteiger partial charge in [0.25, 0.3) is 0 Å². The Bertz CT molecular complexity index is 948. The summed E-state index contributed by atoms with van der Waals surface area (Å²) in [7, 11) is -2.27. The summed E-state index contributed by atoms with van der Waals surface area (Å²) < 4.78 is 36.8. The predicted molar refractivity (Wildman–Crippen MR) is 116 cm³/mol. The Morgan fingerprint density at radius 2 is 1.83 bits per heavy atom. The molecule has 0 aliphatic rings. The standard InChI is InChI=1S/C20H25ClN2O5S/c1-5-18(20(24)22-17-13-14(21)7-12-19(17)27-3)23(29(4,25)26)15-8-10-16(11-9-15)28-6-2/h7-13,18H,5-6H2,1-4H3,(H,22,24). The molecular formula is C20H25ClN2O5S. The molecule has 1 unspecified atom stereocenters.